The average Bonchev–Trinajstić information content (AvgIpc) is 3.75. The molecule has 2 fully saturated rings. The molecule has 0 aliphatic carbocycles. The number of aryl methyl sites for hydroxylation is 2. The lowest BCUT2D eigenvalue weighted by Gasteiger charge is -2.55. The minimum Gasteiger partial charge on any atom is -0.508 e. The molecule has 0 radical (unpaired) electrons. The first-order chi connectivity index (χ1) is 26.5. The third-order valence-corrected chi connectivity index (χ3v) is 10.2. The summed E-state index contributed by atoms with van der Waals surface area (Å²) >= 11 is 0. The van der Waals surface area contributed by atoms with Gasteiger partial charge in [0.25, 0.3) is 5.91 Å². The Morgan fingerprint density at radius 1 is 0.982 bits per heavy atom. The number of hydrogen-bond donors (Lipinski definition) is 2. The fraction of sp³-hybridized carbons (Fsp3) is 0.293. The maximum absolute atomic E-state index is 14.7. The number of urea groups is 1. The number of carbonyl (C=O) groups excluding carboxylic acids is 4. The van der Waals surface area contributed by atoms with Crippen LogP contribution in [0.1, 0.15) is 32.6 Å². The van der Waals surface area contributed by atoms with Crippen LogP contribution in [-0.4, -0.2) is 107 Å². The zero-order valence-electron chi connectivity index (χ0n) is 31.2. The molecule has 5 amide bonds. The summed E-state index contributed by atoms with van der Waals surface area (Å²) in [5, 5.41) is 21.2. The van der Waals surface area contributed by atoms with Crippen LogP contribution in [0.2, 0.25) is 0 Å². The Hall–Kier alpha value is -6.41. The maximum atomic E-state index is 14.7. The van der Waals surface area contributed by atoms with E-state index in [1.165, 1.54) is 0 Å². The summed E-state index contributed by atoms with van der Waals surface area (Å²) in [4.78, 5) is 61.5. The molecular formula is C41H45N9O5. The molecule has 2 atom stereocenters. The summed E-state index contributed by atoms with van der Waals surface area (Å²) < 4.78 is 3.61. The van der Waals surface area contributed by atoms with E-state index in [0.717, 1.165) is 33.2 Å². The number of nitrogens with zero attached hydrogens (tertiary/aromatic N) is 8. The molecule has 0 spiro atoms. The molecule has 0 bridgehead atoms. The molecule has 284 valence electrons. The number of para-hydroxylation sites is 1. The Labute approximate surface area is 319 Å². The van der Waals surface area contributed by atoms with E-state index in [0.29, 0.717) is 12.1 Å². The van der Waals surface area contributed by atoms with Crippen molar-refractivity contribution in [2.75, 3.05) is 26.7 Å². The number of rotatable bonds is 11. The van der Waals surface area contributed by atoms with Crippen LogP contribution in [0.5, 0.6) is 5.75 Å². The first kappa shape index (κ1) is 36.9. The first-order valence-electron chi connectivity index (χ1n) is 18.2. The summed E-state index contributed by atoms with van der Waals surface area (Å²) in [5.74, 6) is -0.604. The third-order valence-electron chi connectivity index (χ3n) is 10.2. The van der Waals surface area contributed by atoms with E-state index >= 15 is 0 Å². The van der Waals surface area contributed by atoms with E-state index in [1.54, 1.807) is 73.0 Å². The number of fused-ring (bicyclic) bond motifs is 2. The van der Waals surface area contributed by atoms with Gasteiger partial charge in [0.1, 0.15) is 18.0 Å². The second-order valence-corrected chi connectivity index (χ2v) is 14.2. The van der Waals surface area contributed by atoms with Crippen molar-refractivity contribution in [3.05, 3.63) is 132 Å². The predicted molar refractivity (Wildman–Crippen MR) is 206 cm³/mol. The highest BCUT2D eigenvalue weighted by Gasteiger charge is 2.51. The second-order valence-electron chi connectivity index (χ2n) is 14.2. The lowest BCUT2D eigenvalue weighted by Crippen LogP contribution is -2.76. The van der Waals surface area contributed by atoms with Gasteiger partial charge in [-0.05, 0) is 28.8 Å². The minimum absolute atomic E-state index is 0.0451. The number of benzene rings is 3. The Morgan fingerprint density at radius 3 is 2.45 bits per heavy atom. The van der Waals surface area contributed by atoms with E-state index in [9.17, 15) is 24.3 Å². The molecule has 0 unspecified atom stereocenters. The molecule has 2 aliphatic rings. The van der Waals surface area contributed by atoms with E-state index < -0.39 is 18.2 Å². The van der Waals surface area contributed by atoms with Gasteiger partial charge in [-0.15, -0.1) is 6.58 Å². The number of hydrogen-bond acceptors (Lipinski definition) is 7. The molecular weight excluding hydrogens is 699 g/mol. The molecule has 2 N–H and O–H groups in total. The number of phenolic OH excluding ortho intramolecular Hbond substituents is 1. The number of aromatic hydroxyl groups is 1. The Balaban J connectivity index is 1.23. The molecule has 2 aliphatic heterocycles. The second kappa shape index (κ2) is 15.5. The van der Waals surface area contributed by atoms with Crippen LogP contribution in [-0.2, 0) is 49.7 Å². The number of hydrazine groups is 1. The van der Waals surface area contributed by atoms with Gasteiger partial charge in [0.05, 0.1) is 30.4 Å². The van der Waals surface area contributed by atoms with Crippen molar-refractivity contribution in [2.24, 2.45) is 14.1 Å². The van der Waals surface area contributed by atoms with Crippen molar-refractivity contribution in [3.63, 3.8) is 0 Å². The molecule has 4 heterocycles. The molecule has 55 heavy (non-hydrogen) atoms. The van der Waals surface area contributed by atoms with Crippen molar-refractivity contribution in [1.82, 2.24) is 44.4 Å². The molecule has 2 aromatic heterocycles. The summed E-state index contributed by atoms with van der Waals surface area (Å²) in [6.07, 6.45) is 6.42. The minimum atomic E-state index is -0.933. The molecule has 7 rings (SSSR count). The van der Waals surface area contributed by atoms with Crippen LogP contribution in [0.25, 0.3) is 10.9 Å². The average molecular weight is 744 g/mol. The van der Waals surface area contributed by atoms with Crippen LogP contribution in [0.15, 0.2) is 104 Å². The molecule has 14 nitrogen and oxygen atoms in total. The highest BCUT2D eigenvalue weighted by Crippen LogP contribution is 2.32. The normalized spacial score (nSPS) is 17.4. The van der Waals surface area contributed by atoms with Gasteiger partial charge in [-0.25, -0.2) is 14.8 Å². The number of nitrogens with one attached hydrogen (secondary N) is 1. The molecule has 0 saturated carbocycles. The first-order valence-corrected chi connectivity index (χ1v) is 18.2. The van der Waals surface area contributed by atoms with Gasteiger partial charge in [-0.3, -0.25) is 19.1 Å². The van der Waals surface area contributed by atoms with Gasteiger partial charge in [-0.1, -0.05) is 66.7 Å². The maximum Gasteiger partial charge on any atom is 0.334 e. The SMILES string of the molecule is C=CCN1CC(=O)N2[C@@H](Cc3ccc(O)cc3)C(=O)N(Cc3cccc4c(C(=O)N(C)Cc5cnn(C)c5)cn(C)c34)C[C@@H]2N1C(=O)NCc1ccccc1. The predicted octanol–water partition coefficient (Wildman–Crippen LogP) is 3.63. The Morgan fingerprint density at radius 2 is 1.75 bits per heavy atom. The van der Waals surface area contributed by atoms with Crippen LogP contribution in [0.3, 0.4) is 0 Å². The number of amides is 5. The van der Waals surface area contributed by atoms with Crippen LogP contribution in [0.4, 0.5) is 4.79 Å². The highest BCUT2D eigenvalue weighted by molar-refractivity contribution is 6.07. The topological polar surface area (TPSA) is 139 Å². The number of piperazine rings is 1. The lowest BCUT2D eigenvalue weighted by atomic mass is 9.98. The van der Waals surface area contributed by atoms with E-state index in [4.69, 9.17) is 0 Å². The zero-order chi connectivity index (χ0) is 38.8. The van der Waals surface area contributed by atoms with Crippen molar-refractivity contribution in [2.45, 2.75) is 38.3 Å². The van der Waals surface area contributed by atoms with Crippen molar-refractivity contribution < 1.29 is 24.3 Å². The fourth-order valence-corrected chi connectivity index (χ4v) is 7.71. The van der Waals surface area contributed by atoms with Crippen molar-refractivity contribution >= 4 is 34.7 Å². The highest BCUT2D eigenvalue weighted by atomic mass is 16.3. The van der Waals surface area contributed by atoms with E-state index in [1.807, 2.05) is 79.6 Å². The van der Waals surface area contributed by atoms with Gasteiger partial charge >= 0.3 is 6.03 Å². The fourth-order valence-electron chi connectivity index (χ4n) is 7.71. The van der Waals surface area contributed by atoms with Gasteiger partial charge < -0.3 is 29.7 Å². The smallest absolute Gasteiger partial charge is 0.334 e. The summed E-state index contributed by atoms with van der Waals surface area (Å²) in [5.41, 5.74) is 4.72. The van der Waals surface area contributed by atoms with Gasteiger partial charge in [0.2, 0.25) is 11.8 Å². The van der Waals surface area contributed by atoms with Gasteiger partial charge in [0.15, 0.2) is 0 Å². The van der Waals surface area contributed by atoms with E-state index in [-0.39, 0.29) is 62.6 Å². The van der Waals surface area contributed by atoms with Crippen LogP contribution >= 0.6 is 0 Å². The standard InChI is InChI=1S/C41H45N9O5/c1-5-18-48-27-37(52)49-35(19-28-14-16-32(51)17-15-28)40(54)47(26-36(49)50(48)41(55)42-20-29-10-7-6-8-11-29)24-31-12-9-13-33-34(25-44(2)38(31)33)39(53)45(3)22-30-21-43-46(4)23-30/h5-17,21,23,25,35-36,51H,1,18-20,22,24,26-27H2,2-4H3,(H,42,55)/t35-,36-/m0/s1. The Bertz CT molecular complexity index is 2230. The monoisotopic (exact) mass is 743 g/mol. The molecule has 5 aromatic rings. The largest absolute Gasteiger partial charge is 0.508 e. The van der Waals surface area contributed by atoms with E-state index in [2.05, 4.69) is 17.0 Å². The summed E-state index contributed by atoms with van der Waals surface area (Å²) in [7, 11) is 5.47. The zero-order valence-corrected chi connectivity index (χ0v) is 31.2. The number of aromatic nitrogens is 3. The quantitative estimate of drug-likeness (QED) is 0.197. The Kier molecular flexibility index (Phi) is 10.4. The van der Waals surface area contributed by atoms with Crippen molar-refractivity contribution in [3.8, 4) is 5.75 Å². The lowest BCUT2D eigenvalue weighted by molar-refractivity contribution is -0.189. The molecule has 2 saturated heterocycles. The van der Waals surface area contributed by atoms with Crippen LogP contribution < -0.4 is 5.32 Å². The third kappa shape index (κ3) is 7.53. The summed E-state index contributed by atoms with van der Waals surface area (Å²) in [6.45, 7) is 4.87. The number of carbonyl (C=O) groups is 4. The number of phenols is 1. The van der Waals surface area contributed by atoms with Crippen LogP contribution in [0, 0.1) is 0 Å². The van der Waals surface area contributed by atoms with Gasteiger partial charge in [-0.2, -0.15) is 5.10 Å². The molecule has 14 heteroatoms. The van der Waals surface area contributed by atoms with Gasteiger partial charge in [0, 0.05) is 77.1 Å². The van der Waals surface area contributed by atoms with Crippen molar-refractivity contribution in [1.29, 1.82) is 0 Å². The molecule has 3 aromatic carbocycles. The summed E-state index contributed by atoms with van der Waals surface area (Å²) in [6, 6.07) is 20.5.